The lowest BCUT2D eigenvalue weighted by Crippen LogP contribution is -2.61. The van der Waals surface area contributed by atoms with Gasteiger partial charge in [0.25, 0.3) is 0 Å². The fourth-order valence-electron chi connectivity index (χ4n) is 4.36. The third-order valence-electron chi connectivity index (χ3n) is 5.75. The van der Waals surface area contributed by atoms with E-state index >= 15 is 0 Å². The van der Waals surface area contributed by atoms with E-state index in [1.165, 1.54) is 25.7 Å². The topological polar surface area (TPSA) is 52.6 Å². The van der Waals surface area contributed by atoms with Crippen molar-refractivity contribution in [3.8, 4) is 0 Å². The maximum Gasteiger partial charge on any atom is 0.241 e. The Morgan fingerprint density at radius 2 is 1.67 bits per heavy atom. The molecule has 1 aromatic carbocycles. The molecule has 1 heterocycles. The predicted octanol–water partition coefficient (Wildman–Crippen LogP) is 3.03. The Hall–Kier alpha value is -1.39. The van der Waals surface area contributed by atoms with Crippen LogP contribution in [0.1, 0.15) is 63.0 Å². The van der Waals surface area contributed by atoms with E-state index in [1.54, 1.807) is 0 Å². The Labute approximate surface area is 145 Å². The van der Waals surface area contributed by atoms with Gasteiger partial charge in [0.1, 0.15) is 5.54 Å². The van der Waals surface area contributed by atoms with Crippen molar-refractivity contribution in [1.82, 2.24) is 10.2 Å². The fraction of sp³-hybridized carbons (Fsp3) is 0.650. The van der Waals surface area contributed by atoms with Crippen molar-refractivity contribution in [3.63, 3.8) is 0 Å². The van der Waals surface area contributed by atoms with Gasteiger partial charge < -0.3 is 10.4 Å². The molecule has 0 aromatic heterocycles. The van der Waals surface area contributed by atoms with E-state index in [-0.39, 0.29) is 24.1 Å². The molecule has 4 nitrogen and oxygen atoms in total. The zero-order chi connectivity index (χ0) is 16.8. The van der Waals surface area contributed by atoms with E-state index in [4.69, 9.17) is 0 Å². The van der Waals surface area contributed by atoms with E-state index in [1.807, 2.05) is 30.3 Å². The van der Waals surface area contributed by atoms with Gasteiger partial charge in [-0.3, -0.25) is 9.69 Å². The number of carbonyl (C=O) groups excluding carboxylic acids is 1. The smallest absolute Gasteiger partial charge is 0.241 e. The van der Waals surface area contributed by atoms with E-state index in [0.717, 1.165) is 44.3 Å². The highest BCUT2D eigenvalue weighted by Crippen LogP contribution is 2.36. The molecular formula is C20H30N2O2. The van der Waals surface area contributed by atoms with Crippen molar-refractivity contribution in [3.05, 3.63) is 35.9 Å². The molecule has 1 saturated carbocycles. The maximum atomic E-state index is 13.3. The van der Waals surface area contributed by atoms with Gasteiger partial charge in [-0.15, -0.1) is 0 Å². The first-order chi connectivity index (χ1) is 11.8. The van der Waals surface area contributed by atoms with Crippen LogP contribution in [0.2, 0.25) is 0 Å². The number of benzene rings is 1. The van der Waals surface area contributed by atoms with E-state index < -0.39 is 0 Å². The molecule has 1 aromatic rings. The fourth-order valence-corrected chi connectivity index (χ4v) is 4.36. The maximum absolute atomic E-state index is 13.3. The van der Waals surface area contributed by atoms with Crippen LogP contribution in [0.4, 0.5) is 0 Å². The minimum atomic E-state index is -0.360. The number of aliphatic hydroxyl groups is 1. The highest BCUT2D eigenvalue weighted by Gasteiger charge is 2.45. The number of piperidine rings is 1. The number of nitrogens with zero attached hydrogens (tertiary/aromatic N) is 1. The van der Waals surface area contributed by atoms with Crippen LogP contribution in [0.3, 0.4) is 0 Å². The summed E-state index contributed by atoms with van der Waals surface area (Å²) in [4.78, 5) is 15.7. The highest BCUT2D eigenvalue weighted by atomic mass is 16.3. The van der Waals surface area contributed by atoms with Gasteiger partial charge in [0.2, 0.25) is 5.91 Å². The molecule has 2 N–H and O–H groups in total. The largest absolute Gasteiger partial charge is 0.394 e. The average Bonchev–Trinajstić information content (AvgIpc) is 2.67. The first-order valence-corrected chi connectivity index (χ1v) is 9.48. The van der Waals surface area contributed by atoms with Gasteiger partial charge in [0.15, 0.2) is 0 Å². The molecular weight excluding hydrogens is 300 g/mol. The van der Waals surface area contributed by atoms with Gasteiger partial charge in [0, 0.05) is 0 Å². The summed E-state index contributed by atoms with van der Waals surface area (Å²) in [7, 11) is 0. The number of aliphatic hydroxyl groups excluding tert-OH is 1. The lowest BCUT2D eigenvalue weighted by atomic mass is 9.78. The van der Waals surface area contributed by atoms with E-state index in [9.17, 15) is 9.90 Å². The third kappa shape index (κ3) is 3.65. The van der Waals surface area contributed by atoms with Gasteiger partial charge >= 0.3 is 0 Å². The van der Waals surface area contributed by atoms with Crippen molar-refractivity contribution >= 4 is 5.91 Å². The van der Waals surface area contributed by atoms with Crippen molar-refractivity contribution in [2.45, 2.75) is 62.9 Å². The Bertz CT molecular complexity index is 520. The molecule has 1 aliphatic carbocycles. The second-order valence-electron chi connectivity index (χ2n) is 7.26. The van der Waals surface area contributed by atoms with Gasteiger partial charge in [-0.2, -0.15) is 0 Å². The Morgan fingerprint density at radius 3 is 2.29 bits per heavy atom. The second-order valence-corrected chi connectivity index (χ2v) is 7.26. The first-order valence-electron chi connectivity index (χ1n) is 9.48. The van der Waals surface area contributed by atoms with E-state index in [2.05, 4.69) is 10.2 Å². The average molecular weight is 330 g/mol. The molecule has 24 heavy (non-hydrogen) atoms. The summed E-state index contributed by atoms with van der Waals surface area (Å²) in [5, 5.41) is 13.0. The van der Waals surface area contributed by atoms with Crippen molar-refractivity contribution in [1.29, 1.82) is 0 Å². The normalized spacial score (nSPS) is 22.7. The van der Waals surface area contributed by atoms with Gasteiger partial charge in [0.05, 0.1) is 12.6 Å². The zero-order valence-electron chi connectivity index (χ0n) is 14.5. The summed E-state index contributed by atoms with van der Waals surface area (Å²) < 4.78 is 0. The predicted molar refractivity (Wildman–Crippen MR) is 95.7 cm³/mol. The summed E-state index contributed by atoms with van der Waals surface area (Å²) >= 11 is 0. The number of likely N-dealkylation sites (tertiary alicyclic amines) is 1. The third-order valence-corrected chi connectivity index (χ3v) is 5.75. The van der Waals surface area contributed by atoms with Crippen LogP contribution in [-0.2, 0) is 4.79 Å². The lowest BCUT2D eigenvalue weighted by molar-refractivity contribution is -0.138. The second kappa shape index (κ2) is 8.13. The molecule has 2 aliphatic rings. The molecule has 1 saturated heterocycles. The molecule has 4 heteroatoms. The van der Waals surface area contributed by atoms with Gasteiger partial charge in [-0.05, 0) is 44.3 Å². The minimum Gasteiger partial charge on any atom is -0.394 e. The molecule has 0 spiro atoms. The number of hydrogen-bond donors (Lipinski definition) is 2. The van der Waals surface area contributed by atoms with Crippen molar-refractivity contribution in [2.24, 2.45) is 0 Å². The summed E-state index contributed by atoms with van der Waals surface area (Å²) in [6.45, 7) is 2.00. The summed E-state index contributed by atoms with van der Waals surface area (Å²) in [6, 6.07) is 9.47. The molecule has 1 amide bonds. The molecule has 1 aliphatic heterocycles. The van der Waals surface area contributed by atoms with Crippen LogP contribution in [0.5, 0.6) is 0 Å². The van der Waals surface area contributed by atoms with Crippen molar-refractivity contribution in [2.75, 3.05) is 19.7 Å². The SMILES string of the molecule is O=C(N[C@@H](CO)c1ccccc1)C1(N2CCCCC2)CCCCC1. The van der Waals surface area contributed by atoms with Crippen LogP contribution in [0.15, 0.2) is 30.3 Å². The Balaban J connectivity index is 1.77. The molecule has 2 fully saturated rings. The number of amides is 1. The quantitative estimate of drug-likeness (QED) is 0.872. The minimum absolute atomic E-state index is 0.0637. The summed E-state index contributed by atoms with van der Waals surface area (Å²) in [5.41, 5.74) is 0.610. The molecule has 132 valence electrons. The summed E-state index contributed by atoms with van der Waals surface area (Å²) in [5.74, 6) is 0.118. The number of hydrogen-bond acceptors (Lipinski definition) is 3. The molecule has 0 radical (unpaired) electrons. The van der Waals surface area contributed by atoms with Crippen LogP contribution in [0.25, 0.3) is 0 Å². The van der Waals surface area contributed by atoms with E-state index in [0.29, 0.717) is 0 Å². The monoisotopic (exact) mass is 330 g/mol. The standard InChI is InChI=1S/C20H30N2O2/c23-16-18(17-10-4-1-5-11-17)21-19(24)20(12-6-2-7-13-20)22-14-8-3-9-15-22/h1,4-5,10-11,18,23H,2-3,6-9,12-16H2,(H,21,24)/t18-/m0/s1. The van der Waals surface area contributed by atoms with Crippen LogP contribution >= 0.6 is 0 Å². The first kappa shape index (κ1) is 17.4. The van der Waals surface area contributed by atoms with Crippen LogP contribution in [-0.4, -0.2) is 41.1 Å². The Morgan fingerprint density at radius 1 is 1.04 bits per heavy atom. The molecule has 0 bridgehead atoms. The van der Waals surface area contributed by atoms with Gasteiger partial charge in [-0.25, -0.2) is 0 Å². The number of nitrogens with one attached hydrogen (secondary N) is 1. The highest BCUT2D eigenvalue weighted by molar-refractivity contribution is 5.87. The van der Waals surface area contributed by atoms with Gasteiger partial charge in [-0.1, -0.05) is 56.0 Å². The number of rotatable bonds is 5. The molecule has 1 atom stereocenters. The zero-order valence-corrected chi connectivity index (χ0v) is 14.5. The Kier molecular flexibility index (Phi) is 5.90. The van der Waals surface area contributed by atoms with Crippen LogP contribution < -0.4 is 5.32 Å². The number of carbonyl (C=O) groups is 1. The molecule has 0 unspecified atom stereocenters. The van der Waals surface area contributed by atoms with Crippen molar-refractivity contribution < 1.29 is 9.90 Å². The molecule has 3 rings (SSSR count). The van der Waals surface area contributed by atoms with Crippen LogP contribution in [0, 0.1) is 0 Å². The lowest BCUT2D eigenvalue weighted by Gasteiger charge is -2.47. The summed E-state index contributed by atoms with van der Waals surface area (Å²) in [6.07, 6.45) is 9.03.